The van der Waals surface area contributed by atoms with Gasteiger partial charge in [-0.2, -0.15) is 4.98 Å². The van der Waals surface area contributed by atoms with Crippen LogP contribution in [0, 0.1) is 0 Å². The van der Waals surface area contributed by atoms with Crippen LogP contribution < -0.4 is 5.73 Å². The van der Waals surface area contributed by atoms with Crippen molar-refractivity contribution in [1.29, 1.82) is 0 Å². The van der Waals surface area contributed by atoms with Gasteiger partial charge in [-0.05, 0) is 6.42 Å². The number of aromatic nitrogens is 2. The lowest BCUT2D eigenvalue weighted by Gasteiger charge is -2.12. The molecule has 74 valence electrons. The van der Waals surface area contributed by atoms with Gasteiger partial charge in [-0.3, -0.25) is 0 Å². The molecule has 0 fully saturated rings. The van der Waals surface area contributed by atoms with Crippen molar-refractivity contribution in [3.8, 4) is 0 Å². The smallest absolute Gasteiger partial charge is 0.226 e. The highest BCUT2D eigenvalue weighted by atomic mass is 16.5. The largest absolute Gasteiger partial charge is 0.383 e. The first kappa shape index (κ1) is 10.1. The van der Waals surface area contributed by atoms with Gasteiger partial charge in [-0.15, -0.1) is 0 Å². The first-order chi connectivity index (χ1) is 6.19. The van der Waals surface area contributed by atoms with E-state index in [0.717, 1.165) is 0 Å². The van der Waals surface area contributed by atoms with E-state index in [0.29, 0.717) is 18.7 Å². The lowest BCUT2D eigenvalue weighted by Crippen LogP contribution is -2.28. The topological polar surface area (TPSA) is 85.2 Å². The highest BCUT2D eigenvalue weighted by Gasteiger charge is 2.20. The van der Waals surface area contributed by atoms with Gasteiger partial charge in [0.2, 0.25) is 11.7 Å². The van der Waals surface area contributed by atoms with E-state index in [-0.39, 0.29) is 11.9 Å². The molecule has 1 aromatic heterocycles. The molecule has 2 unspecified atom stereocenters. The molecule has 1 heterocycles. The van der Waals surface area contributed by atoms with Crippen LogP contribution >= 0.6 is 0 Å². The molecule has 0 bridgehead atoms. The fourth-order valence-electron chi connectivity index (χ4n) is 0.947. The van der Waals surface area contributed by atoms with Crippen molar-refractivity contribution in [2.45, 2.75) is 38.8 Å². The Hall–Kier alpha value is -0.940. The number of nitrogens with two attached hydrogens (primary N) is 1. The molecule has 0 radical (unpaired) electrons. The van der Waals surface area contributed by atoms with Crippen molar-refractivity contribution < 1.29 is 9.63 Å². The van der Waals surface area contributed by atoms with Crippen molar-refractivity contribution in [2.75, 3.05) is 0 Å². The first-order valence-electron chi connectivity index (χ1n) is 4.45. The van der Waals surface area contributed by atoms with Crippen LogP contribution in [-0.2, 0) is 6.42 Å². The lowest BCUT2D eigenvalue weighted by atomic mass is 10.1. The van der Waals surface area contributed by atoms with Gasteiger partial charge in [0, 0.05) is 12.5 Å². The molecule has 1 aromatic rings. The zero-order valence-electron chi connectivity index (χ0n) is 7.90. The van der Waals surface area contributed by atoms with Gasteiger partial charge < -0.3 is 15.4 Å². The molecule has 0 saturated carbocycles. The summed E-state index contributed by atoms with van der Waals surface area (Å²) in [4.78, 5) is 3.99. The third kappa shape index (κ3) is 2.26. The number of aliphatic hydroxyl groups excluding tert-OH is 1. The van der Waals surface area contributed by atoms with E-state index in [2.05, 4.69) is 10.1 Å². The fourth-order valence-corrected chi connectivity index (χ4v) is 0.947. The van der Waals surface area contributed by atoms with Crippen LogP contribution in [0.25, 0.3) is 0 Å². The van der Waals surface area contributed by atoms with Gasteiger partial charge in [0.25, 0.3) is 0 Å². The number of aryl methyl sites for hydroxylation is 1. The Kier molecular flexibility index (Phi) is 3.39. The summed E-state index contributed by atoms with van der Waals surface area (Å²) in [5, 5.41) is 13.2. The van der Waals surface area contributed by atoms with Crippen molar-refractivity contribution in [1.82, 2.24) is 10.1 Å². The molecule has 2 atom stereocenters. The van der Waals surface area contributed by atoms with Gasteiger partial charge in [-0.25, -0.2) is 0 Å². The average molecular weight is 185 g/mol. The monoisotopic (exact) mass is 185 g/mol. The van der Waals surface area contributed by atoms with Crippen molar-refractivity contribution in [2.24, 2.45) is 5.73 Å². The average Bonchev–Trinajstić information content (AvgIpc) is 2.63. The van der Waals surface area contributed by atoms with E-state index >= 15 is 0 Å². The van der Waals surface area contributed by atoms with Crippen LogP contribution in [0.1, 0.15) is 38.1 Å². The Balaban J connectivity index is 2.70. The molecule has 5 nitrogen and oxygen atoms in total. The predicted octanol–water partition coefficient (Wildman–Crippen LogP) is 0.403. The van der Waals surface area contributed by atoms with Crippen molar-refractivity contribution >= 4 is 0 Å². The second-order valence-corrected chi connectivity index (χ2v) is 2.92. The van der Waals surface area contributed by atoms with E-state index in [1.807, 2.05) is 13.8 Å². The molecule has 0 spiro atoms. The predicted molar refractivity (Wildman–Crippen MR) is 46.9 cm³/mol. The minimum atomic E-state index is -0.825. The Morgan fingerprint density at radius 2 is 2.23 bits per heavy atom. The highest BCUT2D eigenvalue weighted by Crippen LogP contribution is 2.13. The van der Waals surface area contributed by atoms with E-state index in [1.165, 1.54) is 0 Å². The summed E-state index contributed by atoms with van der Waals surface area (Å²) < 4.78 is 4.85. The number of rotatable bonds is 4. The Morgan fingerprint density at radius 3 is 2.69 bits per heavy atom. The molecular formula is C8H15N3O2. The molecule has 0 aromatic carbocycles. The number of aliphatic hydroxyl groups is 1. The van der Waals surface area contributed by atoms with Crippen LogP contribution in [0.3, 0.4) is 0 Å². The van der Waals surface area contributed by atoms with Gasteiger partial charge in [0.1, 0.15) is 6.10 Å². The highest BCUT2D eigenvalue weighted by molar-refractivity contribution is 4.94. The Bertz CT molecular complexity index is 262. The second kappa shape index (κ2) is 4.34. The summed E-state index contributed by atoms with van der Waals surface area (Å²) in [6.07, 6.45) is 0.521. The molecule has 1 rings (SSSR count). The summed E-state index contributed by atoms with van der Waals surface area (Å²) >= 11 is 0. The summed E-state index contributed by atoms with van der Waals surface area (Å²) in [5.74, 6) is 0.809. The van der Waals surface area contributed by atoms with Crippen LogP contribution in [-0.4, -0.2) is 21.3 Å². The van der Waals surface area contributed by atoms with Crippen LogP contribution in [0.15, 0.2) is 4.52 Å². The van der Waals surface area contributed by atoms with E-state index < -0.39 is 6.10 Å². The van der Waals surface area contributed by atoms with Gasteiger partial charge in [0.15, 0.2) is 0 Å². The number of nitrogens with zero attached hydrogens (tertiary/aromatic N) is 2. The molecule has 0 aliphatic carbocycles. The first-order valence-corrected chi connectivity index (χ1v) is 4.45. The minimum Gasteiger partial charge on any atom is -0.383 e. The molecule has 0 aliphatic rings. The van der Waals surface area contributed by atoms with Crippen LogP contribution in [0.5, 0.6) is 0 Å². The van der Waals surface area contributed by atoms with Gasteiger partial charge in [-0.1, -0.05) is 19.0 Å². The zero-order chi connectivity index (χ0) is 9.84. The third-order valence-electron chi connectivity index (χ3n) is 1.93. The Morgan fingerprint density at radius 1 is 1.54 bits per heavy atom. The molecule has 13 heavy (non-hydrogen) atoms. The summed E-state index contributed by atoms with van der Waals surface area (Å²) in [6.45, 7) is 3.80. The molecule has 0 amide bonds. The quantitative estimate of drug-likeness (QED) is 0.709. The van der Waals surface area contributed by atoms with Gasteiger partial charge in [0.05, 0.1) is 0 Å². The standard InChI is InChI=1S/C8H15N3O2/c1-3-5(9)7(12)8-10-6(4-2)13-11-8/h5,7,12H,3-4,9H2,1-2H3. The van der Waals surface area contributed by atoms with E-state index in [4.69, 9.17) is 10.3 Å². The molecular weight excluding hydrogens is 170 g/mol. The molecule has 0 aliphatic heterocycles. The maximum atomic E-state index is 9.59. The van der Waals surface area contributed by atoms with E-state index in [9.17, 15) is 5.11 Å². The summed E-state index contributed by atoms with van der Waals surface area (Å²) in [6, 6.07) is -0.331. The summed E-state index contributed by atoms with van der Waals surface area (Å²) in [5.41, 5.74) is 5.63. The van der Waals surface area contributed by atoms with E-state index in [1.54, 1.807) is 0 Å². The number of hydrogen-bond acceptors (Lipinski definition) is 5. The lowest BCUT2D eigenvalue weighted by molar-refractivity contribution is 0.132. The normalized spacial score (nSPS) is 15.7. The maximum absolute atomic E-state index is 9.59. The Labute approximate surface area is 76.9 Å². The van der Waals surface area contributed by atoms with Crippen LogP contribution in [0.4, 0.5) is 0 Å². The van der Waals surface area contributed by atoms with Crippen molar-refractivity contribution in [3.63, 3.8) is 0 Å². The maximum Gasteiger partial charge on any atom is 0.226 e. The summed E-state index contributed by atoms with van der Waals surface area (Å²) in [7, 11) is 0. The fraction of sp³-hybridized carbons (Fsp3) is 0.750. The van der Waals surface area contributed by atoms with Crippen LogP contribution in [0.2, 0.25) is 0 Å². The zero-order valence-corrected chi connectivity index (χ0v) is 7.90. The third-order valence-corrected chi connectivity index (χ3v) is 1.93. The SMILES string of the molecule is CCc1nc(C(O)C(N)CC)no1. The van der Waals surface area contributed by atoms with Gasteiger partial charge >= 0.3 is 0 Å². The molecule has 3 N–H and O–H groups in total. The number of hydrogen-bond donors (Lipinski definition) is 2. The second-order valence-electron chi connectivity index (χ2n) is 2.92. The molecule has 5 heteroatoms. The van der Waals surface area contributed by atoms with Crippen molar-refractivity contribution in [3.05, 3.63) is 11.7 Å². The molecule has 0 saturated heterocycles. The minimum absolute atomic E-state index is 0.284.